The van der Waals surface area contributed by atoms with E-state index in [9.17, 15) is 9.59 Å². The van der Waals surface area contributed by atoms with Crippen LogP contribution in [0.2, 0.25) is 5.02 Å². The summed E-state index contributed by atoms with van der Waals surface area (Å²) in [4.78, 5) is 22.6. The van der Waals surface area contributed by atoms with Crippen LogP contribution in [-0.2, 0) is 0 Å². The van der Waals surface area contributed by atoms with Gasteiger partial charge in [-0.1, -0.05) is 23.7 Å². The van der Waals surface area contributed by atoms with Crippen LogP contribution < -0.4 is 16.2 Å². The zero-order valence-corrected chi connectivity index (χ0v) is 11.3. The van der Waals surface area contributed by atoms with Gasteiger partial charge in [0.05, 0.1) is 5.02 Å². The quantitative estimate of drug-likeness (QED) is 0.742. The number of nitrogens with one attached hydrogen (secondary N) is 3. The predicted octanol–water partition coefficient (Wildman–Crippen LogP) is 2.17. The van der Waals surface area contributed by atoms with Crippen LogP contribution in [0.25, 0.3) is 11.3 Å². The minimum absolute atomic E-state index is 0.0660. The molecule has 0 aliphatic heterocycles. The molecule has 6 nitrogen and oxygen atoms in total. The molecule has 0 bridgehead atoms. The Kier molecular flexibility index (Phi) is 4.27. The SMILES string of the molecule is CNC(=O)NNC(=O)c1ccc(-c2ccccc2Cl)o1. The molecule has 0 saturated heterocycles. The van der Waals surface area contributed by atoms with Crippen molar-refractivity contribution in [2.45, 2.75) is 0 Å². The molecule has 104 valence electrons. The fourth-order valence-electron chi connectivity index (χ4n) is 1.50. The van der Waals surface area contributed by atoms with E-state index in [4.69, 9.17) is 16.0 Å². The summed E-state index contributed by atoms with van der Waals surface area (Å²) >= 11 is 6.04. The summed E-state index contributed by atoms with van der Waals surface area (Å²) in [6.07, 6.45) is 0. The van der Waals surface area contributed by atoms with Crippen LogP contribution in [0.3, 0.4) is 0 Å². The maximum absolute atomic E-state index is 11.7. The van der Waals surface area contributed by atoms with Gasteiger partial charge in [0.2, 0.25) is 0 Å². The fourth-order valence-corrected chi connectivity index (χ4v) is 1.73. The van der Waals surface area contributed by atoms with Gasteiger partial charge in [0.15, 0.2) is 5.76 Å². The number of rotatable bonds is 2. The first-order valence-corrected chi connectivity index (χ1v) is 6.12. The first-order chi connectivity index (χ1) is 9.61. The largest absolute Gasteiger partial charge is 0.451 e. The molecule has 0 aliphatic carbocycles. The molecule has 1 heterocycles. The lowest BCUT2D eigenvalue weighted by Crippen LogP contribution is -2.45. The highest BCUT2D eigenvalue weighted by molar-refractivity contribution is 6.33. The van der Waals surface area contributed by atoms with Gasteiger partial charge in [0.25, 0.3) is 0 Å². The van der Waals surface area contributed by atoms with E-state index in [-0.39, 0.29) is 5.76 Å². The monoisotopic (exact) mass is 293 g/mol. The van der Waals surface area contributed by atoms with Crippen LogP contribution >= 0.6 is 11.6 Å². The normalized spacial score (nSPS) is 9.90. The maximum atomic E-state index is 11.7. The predicted molar refractivity (Wildman–Crippen MR) is 74.2 cm³/mol. The van der Waals surface area contributed by atoms with Crippen molar-refractivity contribution in [3.05, 3.63) is 47.2 Å². The van der Waals surface area contributed by atoms with Gasteiger partial charge < -0.3 is 9.73 Å². The van der Waals surface area contributed by atoms with E-state index in [2.05, 4.69) is 16.2 Å². The van der Waals surface area contributed by atoms with Crippen molar-refractivity contribution in [3.63, 3.8) is 0 Å². The second-order valence-corrected chi connectivity index (χ2v) is 4.21. The molecule has 0 spiro atoms. The van der Waals surface area contributed by atoms with Crippen molar-refractivity contribution in [1.82, 2.24) is 16.2 Å². The molecule has 0 unspecified atom stereocenters. The Morgan fingerprint density at radius 2 is 1.85 bits per heavy atom. The van der Waals surface area contributed by atoms with E-state index < -0.39 is 11.9 Å². The number of halogens is 1. The van der Waals surface area contributed by atoms with Crippen LogP contribution in [0.4, 0.5) is 4.79 Å². The number of carbonyl (C=O) groups excluding carboxylic acids is 2. The zero-order chi connectivity index (χ0) is 14.5. The third kappa shape index (κ3) is 3.10. The van der Waals surface area contributed by atoms with Crippen LogP contribution in [0.15, 0.2) is 40.8 Å². The fraction of sp³-hybridized carbons (Fsp3) is 0.0769. The van der Waals surface area contributed by atoms with Crippen molar-refractivity contribution < 1.29 is 14.0 Å². The summed E-state index contributed by atoms with van der Waals surface area (Å²) in [7, 11) is 1.43. The third-order valence-corrected chi connectivity index (χ3v) is 2.82. The maximum Gasteiger partial charge on any atom is 0.333 e. The summed E-state index contributed by atoms with van der Waals surface area (Å²) in [6, 6.07) is 9.73. The molecule has 1 aromatic carbocycles. The number of benzene rings is 1. The average molecular weight is 294 g/mol. The summed E-state index contributed by atoms with van der Waals surface area (Å²) < 4.78 is 5.41. The van der Waals surface area contributed by atoms with Crippen LogP contribution in [0.1, 0.15) is 10.6 Å². The van der Waals surface area contributed by atoms with E-state index in [1.54, 1.807) is 24.3 Å². The van der Waals surface area contributed by atoms with Crippen molar-refractivity contribution >= 4 is 23.5 Å². The Morgan fingerprint density at radius 1 is 1.10 bits per heavy atom. The molecule has 3 N–H and O–H groups in total. The number of amides is 3. The molecule has 3 amide bonds. The first kappa shape index (κ1) is 14.0. The Balaban J connectivity index is 2.11. The Morgan fingerprint density at radius 3 is 2.55 bits per heavy atom. The smallest absolute Gasteiger partial charge is 0.333 e. The number of carbonyl (C=O) groups is 2. The highest BCUT2D eigenvalue weighted by atomic mass is 35.5. The van der Waals surface area contributed by atoms with Crippen LogP contribution in [0, 0.1) is 0 Å². The van der Waals surface area contributed by atoms with Crippen molar-refractivity contribution in [2.75, 3.05) is 7.05 Å². The lowest BCUT2D eigenvalue weighted by atomic mass is 10.2. The molecule has 0 atom stereocenters. The molecule has 20 heavy (non-hydrogen) atoms. The molecule has 0 fully saturated rings. The van der Waals surface area contributed by atoms with E-state index in [1.807, 2.05) is 6.07 Å². The van der Waals surface area contributed by atoms with E-state index >= 15 is 0 Å². The van der Waals surface area contributed by atoms with E-state index in [1.165, 1.54) is 13.1 Å². The van der Waals surface area contributed by atoms with Gasteiger partial charge >= 0.3 is 11.9 Å². The third-order valence-electron chi connectivity index (χ3n) is 2.49. The molecule has 2 aromatic rings. The number of hydrogen-bond donors (Lipinski definition) is 3. The minimum Gasteiger partial charge on any atom is -0.451 e. The molecule has 2 rings (SSSR count). The van der Waals surface area contributed by atoms with Crippen molar-refractivity contribution in [2.24, 2.45) is 0 Å². The Bertz CT molecular complexity index is 639. The zero-order valence-electron chi connectivity index (χ0n) is 10.6. The standard InChI is InChI=1S/C13H12ClN3O3/c1-15-13(19)17-16-12(18)11-7-6-10(20-11)8-4-2-3-5-9(8)14/h2-7H,1H3,(H,16,18)(H2,15,17,19). The van der Waals surface area contributed by atoms with Gasteiger partial charge in [-0.05, 0) is 24.3 Å². The van der Waals surface area contributed by atoms with E-state index in [0.717, 1.165) is 0 Å². The summed E-state index contributed by atoms with van der Waals surface area (Å²) in [5, 5.41) is 2.82. The second-order valence-electron chi connectivity index (χ2n) is 3.80. The van der Waals surface area contributed by atoms with E-state index in [0.29, 0.717) is 16.3 Å². The van der Waals surface area contributed by atoms with Gasteiger partial charge in [-0.25, -0.2) is 10.2 Å². The highest BCUT2D eigenvalue weighted by Crippen LogP contribution is 2.28. The number of furan rings is 1. The molecule has 0 aliphatic rings. The van der Waals surface area contributed by atoms with Crippen LogP contribution in [-0.4, -0.2) is 19.0 Å². The molecular formula is C13H12ClN3O3. The van der Waals surface area contributed by atoms with Gasteiger partial charge in [0, 0.05) is 12.6 Å². The summed E-state index contributed by atoms with van der Waals surface area (Å²) in [5.74, 6) is -0.0241. The van der Waals surface area contributed by atoms with Gasteiger partial charge in [-0.15, -0.1) is 0 Å². The van der Waals surface area contributed by atoms with Gasteiger partial charge in [-0.3, -0.25) is 10.2 Å². The first-order valence-electron chi connectivity index (χ1n) is 5.74. The number of hydrazine groups is 1. The summed E-state index contributed by atoms with van der Waals surface area (Å²) in [5.41, 5.74) is 5.04. The van der Waals surface area contributed by atoms with Crippen molar-refractivity contribution in [3.8, 4) is 11.3 Å². The average Bonchev–Trinajstić information content (AvgIpc) is 2.94. The van der Waals surface area contributed by atoms with Crippen LogP contribution in [0.5, 0.6) is 0 Å². The Labute approximate surface area is 120 Å². The second kappa shape index (κ2) is 6.12. The van der Waals surface area contributed by atoms with Gasteiger partial charge in [-0.2, -0.15) is 0 Å². The molecule has 0 radical (unpaired) electrons. The number of hydrogen-bond acceptors (Lipinski definition) is 3. The van der Waals surface area contributed by atoms with Crippen molar-refractivity contribution in [1.29, 1.82) is 0 Å². The highest BCUT2D eigenvalue weighted by Gasteiger charge is 2.13. The Hall–Kier alpha value is -2.47. The lowest BCUT2D eigenvalue weighted by Gasteiger charge is -2.04. The molecule has 1 aromatic heterocycles. The molecule has 0 saturated carbocycles. The summed E-state index contributed by atoms with van der Waals surface area (Å²) in [6.45, 7) is 0. The minimum atomic E-state index is -0.563. The van der Waals surface area contributed by atoms with Gasteiger partial charge in [0.1, 0.15) is 5.76 Å². The molecular weight excluding hydrogens is 282 g/mol. The topological polar surface area (TPSA) is 83.4 Å². The lowest BCUT2D eigenvalue weighted by molar-refractivity contribution is 0.0909. The number of urea groups is 1. The molecule has 7 heteroatoms.